The van der Waals surface area contributed by atoms with Gasteiger partial charge in [0.25, 0.3) is 0 Å². The molecule has 1 aromatic rings. The molecule has 1 heterocycles. The van der Waals surface area contributed by atoms with Crippen LogP contribution in [0.2, 0.25) is 0 Å². The molecular formula is C7H5Br2N. The summed E-state index contributed by atoms with van der Waals surface area (Å²) in [6.45, 7) is 3.64. The van der Waals surface area contributed by atoms with Crippen LogP contribution in [0.5, 0.6) is 0 Å². The van der Waals surface area contributed by atoms with Gasteiger partial charge in [0.1, 0.15) is 4.60 Å². The van der Waals surface area contributed by atoms with Gasteiger partial charge in [0, 0.05) is 16.2 Å². The number of rotatable bonds is 1. The molecule has 0 spiro atoms. The van der Waals surface area contributed by atoms with Crippen molar-refractivity contribution in [3.05, 3.63) is 33.5 Å². The molecule has 1 aromatic heterocycles. The third-order valence-corrected chi connectivity index (χ3v) is 2.15. The van der Waals surface area contributed by atoms with E-state index >= 15 is 0 Å². The van der Waals surface area contributed by atoms with Crippen LogP contribution in [-0.4, -0.2) is 4.98 Å². The molecule has 0 aliphatic heterocycles. The predicted octanol–water partition coefficient (Wildman–Crippen LogP) is 3.25. The Kier molecular flexibility index (Phi) is 2.63. The second-order valence-corrected chi connectivity index (χ2v) is 3.40. The summed E-state index contributed by atoms with van der Waals surface area (Å²) in [5, 5.41) is 0. The minimum atomic E-state index is 0.825. The summed E-state index contributed by atoms with van der Waals surface area (Å²) >= 11 is 6.59. The highest BCUT2D eigenvalue weighted by molar-refractivity contribution is 9.11. The third kappa shape index (κ3) is 1.67. The summed E-state index contributed by atoms with van der Waals surface area (Å²) in [7, 11) is 0. The van der Waals surface area contributed by atoms with Crippen molar-refractivity contribution in [1.82, 2.24) is 4.98 Å². The lowest BCUT2D eigenvalue weighted by Gasteiger charge is -1.95. The lowest BCUT2D eigenvalue weighted by molar-refractivity contribution is 1.25. The molecule has 0 unspecified atom stereocenters. The first-order chi connectivity index (χ1) is 4.74. The average molecular weight is 263 g/mol. The second-order valence-electron chi connectivity index (χ2n) is 1.74. The van der Waals surface area contributed by atoms with Gasteiger partial charge in [0.15, 0.2) is 0 Å². The highest BCUT2D eigenvalue weighted by Crippen LogP contribution is 2.18. The molecule has 0 amide bonds. The van der Waals surface area contributed by atoms with E-state index in [4.69, 9.17) is 0 Å². The number of aromatic nitrogens is 1. The van der Waals surface area contributed by atoms with E-state index < -0.39 is 0 Å². The van der Waals surface area contributed by atoms with Crippen LogP contribution in [0.25, 0.3) is 6.08 Å². The van der Waals surface area contributed by atoms with E-state index in [0.29, 0.717) is 0 Å². The number of hydrogen-bond acceptors (Lipinski definition) is 1. The van der Waals surface area contributed by atoms with Gasteiger partial charge in [-0.15, -0.1) is 0 Å². The van der Waals surface area contributed by atoms with Crippen LogP contribution in [-0.2, 0) is 0 Å². The Morgan fingerprint density at radius 1 is 1.50 bits per heavy atom. The van der Waals surface area contributed by atoms with E-state index in [2.05, 4.69) is 43.4 Å². The smallest absolute Gasteiger partial charge is 0.113 e. The van der Waals surface area contributed by atoms with E-state index in [9.17, 15) is 0 Å². The van der Waals surface area contributed by atoms with Crippen LogP contribution in [0.15, 0.2) is 27.9 Å². The fourth-order valence-corrected chi connectivity index (χ4v) is 1.31. The fourth-order valence-electron chi connectivity index (χ4n) is 0.581. The molecule has 1 rings (SSSR count). The molecule has 0 aliphatic carbocycles. The maximum Gasteiger partial charge on any atom is 0.113 e. The molecule has 0 fully saturated rings. The molecule has 52 valence electrons. The third-order valence-electron chi connectivity index (χ3n) is 1.05. The van der Waals surface area contributed by atoms with Gasteiger partial charge in [-0.1, -0.05) is 12.7 Å². The van der Waals surface area contributed by atoms with Gasteiger partial charge in [-0.2, -0.15) is 0 Å². The van der Waals surface area contributed by atoms with Crippen LogP contribution in [0, 0.1) is 0 Å². The van der Waals surface area contributed by atoms with Crippen LogP contribution >= 0.6 is 31.9 Å². The van der Waals surface area contributed by atoms with Gasteiger partial charge in [0.2, 0.25) is 0 Å². The first kappa shape index (κ1) is 7.95. The van der Waals surface area contributed by atoms with E-state index in [0.717, 1.165) is 14.6 Å². The molecule has 0 saturated heterocycles. The van der Waals surface area contributed by atoms with Gasteiger partial charge in [0.05, 0.1) is 0 Å². The van der Waals surface area contributed by atoms with Crippen LogP contribution in [0.1, 0.15) is 5.56 Å². The number of halogens is 2. The molecular weight excluding hydrogens is 258 g/mol. The monoisotopic (exact) mass is 261 g/mol. The van der Waals surface area contributed by atoms with Crippen molar-refractivity contribution in [2.45, 2.75) is 0 Å². The molecule has 0 aromatic carbocycles. The van der Waals surface area contributed by atoms with Gasteiger partial charge >= 0.3 is 0 Å². The summed E-state index contributed by atoms with van der Waals surface area (Å²) in [4.78, 5) is 4.05. The average Bonchev–Trinajstić information content (AvgIpc) is 1.94. The van der Waals surface area contributed by atoms with Gasteiger partial charge in [-0.3, -0.25) is 0 Å². The topological polar surface area (TPSA) is 12.9 Å². The molecule has 0 saturated carbocycles. The molecule has 10 heavy (non-hydrogen) atoms. The van der Waals surface area contributed by atoms with Gasteiger partial charge < -0.3 is 0 Å². The van der Waals surface area contributed by atoms with Gasteiger partial charge in [-0.25, -0.2) is 4.98 Å². The van der Waals surface area contributed by atoms with Crippen LogP contribution < -0.4 is 0 Å². The zero-order valence-corrected chi connectivity index (χ0v) is 8.31. The SMILES string of the molecule is C=Cc1cc(Br)cnc1Br. The zero-order valence-electron chi connectivity index (χ0n) is 5.14. The summed E-state index contributed by atoms with van der Waals surface area (Å²) in [6, 6.07) is 1.95. The minimum absolute atomic E-state index is 0.825. The number of hydrogen-bond donors (Lipinski definition) is 0. The van der Waals surface area contributed by atoms with E-state index in [1.807, 2.05) is 6.07 Å². The van der Waals surface area contributed by atoms with Crippen LogP contribution in [0.4, 0.5) is 0 Å². The standard InChI is InChI=1S/C7H5Br2N/c1-2-5-3-6(8)4-10-7(5)9/h2-4H,1H2. The van der Waals surface area contributed by atoms with Crippen molar-refractivity contribution in [1.29, 1.82) is 0 Å². The van der Waals surface area contributed by atoms with Crippen molar-refractivity contribution >= 4 is 37.9 Å². The Bertz CT molecular complexity index is 258. The summed E-state index contributed by atoms with van der Waals surface area (Å²) in [5.41, 5.74) is 0.995. The Labute approximate surface area is 76.4 Å². The Balaban J connectivity index is 3.21. The first-order valence-electron chi connectivity index (χ1n) is 2.67. The maximum absolute atomic E-state index is 4.05. The molecule has 0 aliphatic rings. The lowest BCUT2D eigenvalue weighted by atomic mass is 10.3. The minimum Gasteiger partial charge on any atom is -0.248 e. The van der Waals surface area contributed by atoms with E-state index in [-0.39, 0.29) is 0 Å². The molecule has 0 bridgehead atoms. The summed E-state index contributed by atoms with van der Waals surface area (Å²) in [6.07, 6.45) is 3.49. The second kappa shape index (κ2) is 3.30. The van der Waals surface area contributed by atoms with Crippen molar-refractivity contribution in [2.24, 2.45) is 0 Å². The van der Waals surface area contributed by atoms with Crippen LogP contribution in [0.3, 0.4) is 0 Å². The Morgan fingerprint density at radius 2 is 2.20 bits per heavy atom. The predicted molar refractivity (Wildman–Crippen MR) is 49.7 cm³/mol. The zero-order chi connectivity index (χ0) is 7.56. The summed E-state index contributed by atoms with van der Waals surface area (Å²) in [5.74, 6) is 0. The largest absolute Gasteiger partial charge is 0.248 e. The Morgan fingerprint density at radius 3 is 2.70 bits per heavy atom. The van der Waals surface area contributed by atoms with Crippen molar-refractivity contribution in [3.8, 4) is 0 Å². The number of pyridine rings is 1. The molecule has 3 heteroatoms. The van der Waals surface area contributed by atoms with E-state index in [1.54, 1.807) is 12.3 Å². The first-order valence-corrected chi connectivity index (χ1v) is 4.26. The normalized spacial score (nSPS) is 9.40. The molecule has 0 radical (unpaired) electrons. The van der Waals surface area contributed by atoms with Crippen molar-refractivity contribution in [2.75, 3.05) is 0 Å². The molecule has 0 atom stereocenters. The lowest BCUT2D eigenvalue weighted by Crippen LogP contribution is -1.79. The van der Waals surface area contributed by atoms with E-state index in [1.165, 1.54) is 0 Å². The Hall–Kier alpha value is -0.150. The summed E-state index contributed by atoms with van der Waals surface area (Å²) < 4.78 is 1.79. The molecule has 0 N–H and O–H groups in total. The molecule has 1 nitrogen and oxygen atoms in total. The quantitative estimate of drug-likeness (QED) is 0.708. The highest BCUT2D eigenvalue weighted by Gasteiger charge is 1.95. The van der Waals surface area contributed by atoms with Crippen molar-refractivity contribution in [3.63, 3.8) is 0 Å². The maximum atomic E-state index is 4.05. The fraction of sp³-hybridized carbons (Fsp3) is 0. The van der Waals surface area contributed by atoms with Crippen molar-refractivity contribution < 1.29 is 0 Å². The van der Waals surface area contributed by atoms with Gasteiger partial charge in [-0.05, 0) is 37.9 Å². The highest BCUT2D eigenvalue weighted by atomic mass is 79.9. The number of nitrogens with zero attached hydrogens (tertiary/aromatic N) is 1.